The van der Waals surface area contributed by atoms with Gasteiger partial charge < -0.3 is 5.32 Å². The number of hydrogen-bond donors (Lipinski definition) is 1. The van der Waals surface area contributed by atoms with Gasteiger partial charge in [-0.2, -0.15) is 0 Å². The number of hydrogen-bond acceptors (Lipinski definition) is 3. The summed E-state index contributed by atoms with van der Waals surface area (Å²) in [6.07, 6.45) is 0. The van der Waals surface area contributed by atoms with E-state index in [-0.39, 0.29) is 5.69 Å². The van der Waals surface area contributed by atoms with E-state index >= 15 is 0 Å². The van der Waals surface area contributed by atoms with Crippen LogP contribution in [0.2, 0.25) is 0 Å². The first-order chi connectivity index (χ1) is 9.88. The Morgan fingerprint density at radius 2 is 1.90 bits per heavy atom. The van der Waals surface area contributed by atoms with Crippen molar-refractivity contribution < 1.29 is 18.5 Å². The van der Waals surface area contributed by atoms with Gasteiger partial charge in [-0.3, -0.25) is 14.9 Å². The van der Waals surface area contributed by atoms with Crippen LogP contribution < -0.4 is 5.32 Å². The van der Waals surface area contributed by atoms with E-state index in [2.05, 4.69) is 5.32 Å². The van der Waals surface area contributed by atoms with Crippen LogP contribution in [0.4, 0.5) is 20.2 Å². The summed E-state index contributed by atoms with van der Waals surface area (Å²) in [6, 6.07) is 6.39. The van der Waals surface area contributed by atoms with E-state index in [9.17, 15) is 23.7 Å². The molecule has 108 valence electrons. The number of non-ortho nitro benzene ring substituents is 1. The summed E-state index contributed by atoms with van der Waals surface area (Å²) < 4.78 is 26.7. The number of anilines is 1. The molecule has 0 aliphatic heterocycles. The van der Waals surface area contributed by atoms with Gasteiger partial charge in [-0.1, -0.05) is 6.07 Å². The van der Waals surface area contributed by atoms with Crippen LogP contribution in [0, 0.1) is 28.7 Å². The summed E-state index contributed by atoms with van der Waals surface area (Å²) in [5.74, 6) is -2.34. The number of nitro groups is 1. The summed E-state index contributed by atoms with van der Waals surface area (Å²) >= 11 is 0. The molecule has 1 N–H and O–H groups in total. The van der Waals surface area contributed by atoms with Gasteiger partial charge in [0.05, 0.1) is 10.5 Å². The highest BCUT2D eigenvalue weighted by molar-refractivity contribution is 6.05. The van der Waals surface area contributed by atoms with Crippen LogP contribution in [0.3, 0.4) is 0 Å². The quantitative estimate of drug-likeness (QED) is 0.695. The molecule has 2 aromatic rings. The van der Waals surface area contributed by atoms with E-state index in [1.54, 1.807) is 6.92 Å². The fraction of sp³-hybridized carbons (Fsp3) is 0.0714. The van der Waals surface area contributed by atoms with E-state index in [0.717, 1.165) is 24.3 Å². The number of halogens is 2. The van der Waals surface area contributed by atoms with E-state index in [1.807, 2.05) is 0 Å². The SMILES string of the molecule is Cc1ccc(F)cc1NC(=O)c1cc([N+](=O)[O-])ccc1F. The Labute approximate surface area is 118 Å². The Balaban J connectivity index is 2.34. The maximum Gasteiger partial charge on any atom is 0.270 e. The van der Waals surface area contributed by atoms with Crippen molar-refractivity contribution in [2.75, 3.05) is 5.32 Å². The van der Waals surface area contributed by atoms with Crippen molar-refractivity contribution in [1.29, 1.82) is 0 Å². The van der Waals surface area contributed by atoms with Crippen LogP contribution in [0.15, 0.2) is 36.4 Å². The number of aryl methyl sites for hydroxylation is 1. The molecule has 0 fully saturated rings. The molecular formula is C14H10F2N2O3. The fourth-order valence-corrected chi connectivity index (χ4v) is 1.72. The number of nitro benzene ring substituents is 1. The molecule has 21 heavy (non-hydrogen) atoms. The Morgan fingerprint density at radius 3 is 2.57 bits per heavy atom. The molecule has 0 heterocycles. The highest BCUT2D eigenvalue weighted by atomic mass is 19.1. The number of rotatable bonds is 3. The molecule has 2 rings (SSSR count). The lowest BCUT2D eigenvalue weighted by molar-refractivity contribution is -0.384. The second-order valence-electron chi connectivity index (χ2n) is 4.33. The van der Waals surface area contributed by atoms with Gasteiger partial charge in [0.2, 0.25) is 0 Å². The first-order valence-corrected chi connectivity index (χ1v) is 5.90. The lowest BCUT2D eigenvalue weighted by Crippen LogP contribution is -2.15. The average molecular weight is 292 g/mol. The Kier molecular flexibility index (Phi) is 3.93. The minimum atomic E-state index is -0.896. The molecule has 2 aromatic carbocycles. The monoisotopic (exact) mass is 292 g/mol. The lowest BCUT2D eigenvalue weighted by atomic mass is 10.1. The molecule has 0 saturated heterocycles. The molecule has 1 amide bonds. The first-order valence-electron chi connectivity index (χ1n) is 5.90. The van der Waals surface area contributed by atoms with Crippen molar-refractivity contribution in [2.24, 2.45) is 0 Å². The summed E-state index contributed by atoms with van der Waals surface area (Å²) in [5.41, 5.74) is -0.133. The number of nitrogens with zero attached hydrogens (tertiary/aromatic N) is 1. The molecule has 0 spiro atoms. The highest BCUT2D eigenvalue weighted by Gasteiger charge is 2.17. The number of benzene rings is 2. The van der Waals surface area contributed by atoms with E-state index in [0.29, 0.717) is 5.56 Å². The lowest BCUT2D eigenvalue weighted by Gasteiger charge is -2.09. The van der Waals surface area contributed by atoms with Crippen molar-refractivity contribution in [3.05, 3.63) is 69.3 Å². The molecular weight excluding hydrogens is 282 g/mol. The van der Waals surface area contributed by atoms with Gasteiger partial charge in [-0.15, -0.1) is 0 Å². The Bertz CT molecular complexity index is 732. The van der Waals surface area contributed by atoms with Crippen LogP contribution in [0.5, 0.6) is 0 Å². The van der Waals surface area contributed by atoms with Crippen molar-refractivity contribution in [3.63, 3.8) is 0 Å². The minimum Gasteiger partial charge on any atom is -0.322 e. The molecule has 0 aromatic heterocycles. The van der Waals surface area contributed by atoms with Crippen molar-refractivity contribution in [1.82, 2.24) is 0 Å². The van der Waals surface area contributed by atoms with Gasteiger partial charge in [0.25, 0.3) is 11.6 Å². The third-order valence-corrected chi connectivity index (χ3v) is 2.85. The molecule has 0 unspecified atom stereocenters. The zero-order valence-electron chi connectivity index (χ0n) is 10.9. The van der Waals surface area contributed by atoms with Gasteiger partial charge >= 0.3 is 0 Å². The van der Waals surface area contributed by atoms with E-state index < -0.39 is 33.7 Å². The maximum absolute atomic E-state index is 13.6. The molecule has 0 atom stereocenters. The Hall–Kier alpha value is -2.83. The van der Waals surface area contributed by atoms with E-state index in [4.69, 9.17) is 0 Å². The smallest absolute Gasteiger partial charge is 0.270 e. The molecule has 0 radical (unpaired) electrons. The van der Waals surface area contributed by atoms with Gasteiger partial charge in [-0.25, -0.2) is 8.78 Å². The normalized spacial score (nSPS) is 10.2. The second-order valence-corrected chi connectivity index (χ2v) is 4.33. The molecule has 5 nitrogen and oxygen atoms in total. The Morgan fingerprint density at radius 1 is 1.19 bits per heavy atom. The number of nitrogens with one attached hydrogen (secondary N) is 1. The predicted octanol–water partition coefficient (Wildman–Crippen LogP) is 3.43. The third kappa shape index (κ3) is 3.19. The van der Waals surface area contributed by atoms with Crippen LogP contribution in [-0.2, 0) is 0 Å². The zero-order valence-corrected chi connectivity index (χ0v) is 10.9. The highest BCUT2D eigenvalue weighted by Crippen LogP contribution is 2.20. The summed E-state index contributed by atoms with van der Waals surface area (Å²) in [7, 11) is 0. The minimum absolute atomic E-state index is 0.172. The van der Waals surface area contributed by atoms with Crippen LogP contribution in [0.1, 0.15) is 15.9 Å². The summed E-state index contributed by atoms with van der Waals surface area (Å²) in [6.45, 7) is 1.64. The molecule has 0 bridgehead atoms. The average Bonchev–Trinajstić information content (AvgIpc) is 2.43. The molecule has 0 saturated carbocycles. The standard InChI is InChI=1S/C14H10F2N2O3/c1-8-2-3-9(15)6-13(8)17-14(19)11-7-10(18(20)21)4-5-12(11)16/h2-7H,1H3,(H,17,19). The third-order valence-electron chi connectivity index (χ3n) is 2.85. The van der Waals surface area contributed by atoms with Crippen molar-refractivity contribution >= 4 is 17.3 Å². The van der Waals surface area contributed by atoms with Crippen LogP contribution in [-0.4, -0.2) is 10.8 Å². The second kappa shape index (κ2) is 5.66. The van der Waals surface area contributed by atoms with Gasteiger partial charge in [0, 0.05) is 17.8 Å². The van der Waals surface area contributed by atoms with Gasteiger partial charge in [0.1, 0.15) is 11.6 Å². The maximum atomic E-state index is 13.6. The van der Waals surface area contributed by atoms with Gasteiger partial charge in [0.15, 0.2) is 0 Å². The van der Waals surface area contributed by atoms with E-state index in [1.165, 1.54) is 12.1 Å². The van der Waals surface area contributed by atoms with Crippen LogP contribution in [0.25, 0.3) is 0 Å². The van der Waals surface area contributed by atoms with Crippen molar-refractivity contribution in [3.8, 4) is 0 Å². The predicted molar refractivity (Wildman–Crippen MR) is 72.1 cm³/mol. The topological polar surface area (TPSA) is 72.2 Å². The van der Waals surface area contributed by atoms with Crippen molar-refractivity contribution in [2.45, 2.75) is 6.92 Å². The number of carbonyl (C=O) groups excluding carboxylic acids is 1. The molecule has 0 aliphatic carbocycles. The molecule has 7 heteroatoms. The summed E-state index contributed by atoms with van der Waals surface area (Å²) in [4.78, 5) is 21.9. The van der Waals surface area contributed by atoms with Gasteiger partial charge in [-0.05, 0) is 30.7 Å². The summed E-state index contributed by atoms with van der Waals surface area (Å²) in [5, 5.41) is 13.0. The number of carbonyl (C=O) groups is 1. The fourth-order valence-electron chi connectivity index (χ4n) is 1.72. The first kappa shape index (κ1) is 14.6. The largest absolute Gasteiger partial charge is 0.322 e. The van der Waals surface area contributed by atoms with Crippen LogP contribution >= 0.6 is 0 Å². The number of amides is 1. The zero-order chi connectivity index (χ0) is 15.6. The molecule has 0 aliphatic rings.